The molecule has 174 valence electrons. The molecule has 3 rings (SSSR count). The number of urea groups is 1. The van der Waals surface area contributed by atoms with Crippen molar-refractivity contribution in [3.05, 3.63) is 69.2 Å². The Morgan fingerprint density at radius 1 is 1.27 bits per heavy atom. The predicted octanol–water partition coefficient (Wildman–Crippen LogP) is 4.67. The predicted molar refractivity (Wildman–Crippen MR) is 121 cm³/mol. The van der Waals surface area contributed by atoms with Crippen LogP contribution in [-0.4, -0.2) is 48.9 Å². The third kappa shape index (κ3) is 4.75. The highest BCUT2D eigenvalue weighted by Crippen LogP contribution is 2.50. The van der Waals surface area contributed by atoms with Gasteiger partial charge in [-0.05, 0) is 24.6 Å². The number of nitrogens with zero attached hydrogens (tertiary/aromatic N) is 3. The van der Waals surface area contributed by atoms with Gasteiger partial charge in [-0.3, -0.25) is 4.79 Å². The van der Waals surface area contributed by atoms with Crippen molar-refractivity contribution in [2.75, 3.05) is 27.2 Å². The molecule has 0 aromatic heterocycles. The average molecular weight is 495 g/mol. The van der Waals surface area contributed by atoms with Crippen molar-refractivity contribution in [1.29, 1.82) is 5.26 Å². The van der Waals surface area contributed by atoms with Gasteiger partial charge in [0.2, 0.25) is 5.91 Å². The van der Waals surface area contributed by atoms with E-state index in [-0.39, 0.29) is 53.0 Å². The van der Waals surface area contributed by atoms with Gasteiger partial charge < -0.3 is 15.1 Å². The van der Waals surface area contributed by atoms with Gasteiger partial charge in [0.25, 0.3) is 0 Å². The number of likely N-dealkylation sites (tertiary alicyclic amines) is 1. The van der Waals surface area contributed by atoms with Gasteiger partial charge in [-0.2, -0.15) is 5.26 Å². The van der Waals surface area contributed by atoms with Crippen LogP contribution in [0.5, 0.6) is 0 Å². The minimum Gasteiger partial charge on any atom is -0.349 e. The van der Waals surface area contributed by atoms with E-state index in [4.69, 9.17) is 23.2 Å². The Balaban J connectivity index is 2.04. The number of amides is 3. The highest BCUT2D eigenvalue weighted by Gasteiger charge is 2.53. The van der Waals surface area contributed by atoms with Crippen LogP contribution < -0.4 is 5.32 Å². The Labute approximate surface area is 200 Å². The monoisotopic (exact) mass is 494 g/mol. The molecule has 33 heavy (non-hydrogen) atoms. The van der Waals surface area contributed by atoms with E-state index in [2.05, 4.69) is 11.4 Å². The van der Waals surface area contributed by atoms with Crippen LogP contribution in [0, 0.1) is 23.0 Å². The lowest BCUT2D eigenvalue weighted by Crippen LogP contribution is -2.44. The Kier molecular flexibility index (Phi) is 7.45. The molecule has 10 heteroatoms. The highest BCUT2D eigenvalue weighted by atomic mass is 35.5. The third-order valence-electron chi connectivity index (χ3n) is 5.79. The van der Waals surface area contributed by atoms with Crippen LogP contribution >= 0.6 is 23.2 Å². The van der Waals surface area contributed by atoms with Crippen molar-refractivity contribution in [2.45, 2.75) is 24.3 Å². The first kappa shape index (κ1) is 24.7. The minimum atomic E-state index is -1.59. The van der Waals surface area contributed by atoms with Gasteiger partial charge in [-0.15, -0.1) is 0 Å². The first-order valence-corrected chi connectivity index (χ1v) is 10.9. The van der Waals surface area contributed by atoms with Gasteiger partial charge in [-0.25, -0.2) is 13.6 Å². The second-order valence-corrected chi connectivity index (χ2v) is 8.81. The van der Waals surface area contributed by atoms with Crippen LogP contribution in [0.25, 0.3) is 0 Å². The Morgan fingerprint density at radius 3 is 2.64 bits per heavy atom. The van der Waals surface area contributed by atoms with Gasteiger partial charge in [0.1, 0.15) is 17.0 Å². The first-order chi connectivity index (χ1) is 15.6. The van der Waals surface area contributed by atoms with Crippen molar-refractivity contribution >= 4 is 35.1 Å². The molecule has 0 spiro atoms. The van der Waals surface area contributed by atoms with E-state index in [9.17, 15) is 19.2 Å². The number of rotatable bonds is 5. The van der Waals surface area contributed by atoms with Gasteiger partial charge in [0.05, 0.1) is 17.1 Å². The highest BCUT2D eigenvalue weighted by molar-refractivity contribution is 6.31. The minimum absolute atomic E-state index is 0.00424. The van der Waals surface area contributed by atoms with Gasteiger partial charge in [0.15, 0.2) is 0 Å². The summed E-state index contributed by atoms with van der Waals surface area (Å²) < 4.78 is 30.1. The number of carbonyl (C=O) groups excluding carboxylic acids is 2. The average Bonchev–Trinajstić information content (AvgIpc) is 3.15. The van der Waals surface area contributed by atoms with Crippen LogP contribution in [0.1, 0.15) is 30.0 Å². The Morgan fingerprint density at radius 2 is 2.00 bits per heavy atom. The molecular formula is C23H22Cl2F2N4O2. The topological polar surface area (TPSA) is 76.4 Å². The molecule has 1 aliphatic rings. The van der Waals surface area contributed by atoms with Crippen LogP contribution in [0.15, 0.2) is 36.4 Å². The molecule has 0 radical (unpaired) electrons. The zero-order chi connectivity index (χ0) is 24.3. The molecular weight excluding hydrogens is 473 g/mol. The molecule has 3 amide bonds. The standard InChI is InChI=1S/C23H22Cl2F2N4O2/c1-30(2)19(32)8-10-29-22(33)31-11-9-23(13-28,16-7-6-14(24)12-18(16)26)21(31)15-4-3-5-17(25)20(15)27/h3-7,12,21H,8-11H2,1-2H3,(H,29,33)/t21-,23?/m1/s1. The quantitative estimate of drug-likeness (QED) is 0.655. The molecule has 6 nitrogen and oxygen atoms in total. The third-order valence-corrected chi connectivity index (χ3v) is 6.31. The summed E-state index contributed by atoms with van der Waals surface area (Å²) in [5.41, 5.74) is -1.58. The van der Waals surface area contributed by atoms with Crippen molar-refractivity contribution in [2.24, 2.45) is 0 Å². The molecule has 1 N–H and O–H groups in total. The molecule has 1 unspecified atom stereocenters. The van der Waals surface area contributed by atoms with E-state index in [0.29, 0.717) is 0 Å². The van der Waals surface area contributed by atoms with E-state index < -0.39 is 29.1 Å². The van der Waals surface area contributed by atoms with E-state index in [1.54, 1.807) is 14.1 Å². The zero-order valence-electron chi connectivity index (χ0n) is 18.0. The molecule has 1 aliphatic heterocycles. The SMILES string of the molecule is CN(C)C(=O)CCNC(=O)N1CCC(C#N)(c2ccc(Cl)cc2F)[C@H]1c1cccc(Cl)c1F. The maximum Gasteiger partial charge on any atom is 0.317 e. The van der Waals surface area contributed by atoms with E-state index >= 15 is 4.39 Å². The van der Waals surface area contributed by atoms with Gasteiger partial charge in [0, 0.05) is 49.8 Å². The summed E-state index contributed by atoms with van der Waals surface area (Å²) in [5.74, 6) is -1.69. The van der Waals surface area contributed by atoms with E-state index in [1.807, 2.05) is 0 Å². The number of halogens is 4. The Bertz CT molecular complexity index is 1120. The summed E-state index contributed by atoms with van der Waals surface area (Å²) in [6.45, 7) is 0.103. The molecule has 0 bridgehead atoms. The van der Waals surface area contributed by atoms with E-state index in [0.717, 1.165) is 6.07 Å². The van der Waals surface area contributed by atoms with Gasteiger partial charge >= 0.3 is 6.03 Å². The smallest absolute Gasteiger partial charge is 0.317 e. The fourth-order valence-corrected chi connectivity index (χ4v) is 4.47. The van der Waals surface area contributed by atoms with Crippen LogP contribution in [0.4, 0.5) is 13.6 Å². The molecule has 0 aliphatic carbocycles. The summed E-state index contributed by atoms with van der Waals surface area (Å²) >= 11 is 11.9. The number of hydrogen-bond donors (Lipinski definition) is 1. The summed E-state index contributed by atoms with van der Waals surface area (Å²) in [6.07, 6.45) is 0.126. The molecule has 1 fully saturated rings. The van der Waals surface area contributed by atoms with Crippen molar-refractivity contribution in [1.82, 2.24) is 15.1 Å². The lowest BCUT2D eigenvalue weighted by Gasteiger charge is -2.34. The van der Waals surface area contributed by atoms with Crippen molar-refractivity contribution in [3.63, 3.8) is 0 Å². The maximum absolute atomic E-state index is 15.1. The summed E-state index contributed by atoms with van der Waals surface area (Å²) in [5, 5.41) is 12.9. The lowest BCUT2D eigenvalue weighted by molar-refractivity contribution is -0.128. The maximum atomic E-state index is 15.1. The number of nitrogens with one attached hydrogen (secondary N) is 1. The molecule has 2 aromatic rings. The Hall–Kier alpha value is -2.89. The number of benzene rings is 2. The molecule has 0 saturated carbocycles. The largest absolute Gasteiger partial charge is 0.349 e. The van der Waals surface area contributed by atoms with Crippen molar-refractivity contribution < 1.29 is 18.4 Å². The zero-order valence-corrected chi connectivity index (χ0v) is 19.6. The molecule has 1 saturated heterocycles. The molecule has 1 heterocycles. The second-order valence-electron chi connectivity index (χ2n) is 7.97. The first-order valence-electron chi connectivity index (χ1n) is 10.2. The van der Waals surface area contributed by atoms with Crippen molar-refractivity contribution in [3.8, 4) is 6.07 Å². The lowest BCUT2D eigenvalue weighted by atomic mass is 9.72. The fraction of sp³-hybridized carbons (Fsp3) is 0.348. The number of carbonyl (C=O) groups is 2. The molecule has 2 atom stereocenters. The summed E-state index contributed by atoms with van der Waals surface area (Å²) in [6, 6.07) is 8.57. The normalized spacial score (nSPS) is 19.8. The summed E-state index contributed by atoms with van der Waals surface area (Å²) in [7, 11) is 3.20. The summed E-state index contributed by atoms with van der Waals surface area (Å²) in [4.78, 5) is 27.6. The van der Waals surface area contributed by atoms with E-state index in [1.165, 1.54) is 40.1 Å². The van der Waals surface area contributed by atoms with Crippen LogP contribution in [0.3, 0.4) is 0 Å². The van der Waals surface area contributed by atoms with Gasteiger partial charge in [-0.1, -0.05) is 41.4 Å². The fourth-order valence-electron chi connectivity index (χ4n) is 4.12. The number of nitriles is 1. The number of hydrogen-bond acceptors (Lipinski definition) is 3. The van der Waals surface area contributed by atoms with Crippen LogP contribution in [0.2, 0.25) is 10.0 Å². The van der Waals surface area contributed by atoms with Crippen LogP contribution in [-0.2, 0) is 10.2 Å². The molecule has 2 aromatic carbocycles. The second kappa shape index (κ2) is 9.94.